The maximum absolute atomic E-state index is 11.9. The van der Waals surface area contributed by atoms with E-state index in [-0.39, 0.29) is 23.4 Å². The zero-order chi connectivity index (χ0) is 20.3. The molecule has 142 valence electrons. The summed E-state index contributed by atoms with van der Waals surface area (Å²) in [6.07, 6.45) is 0.108. The summed E-state index contributed by atoms with van der Waals surface area (Å²) in [5, 5.41) is 23.5. The lowest BCUT2D eigenvalue weighted by Crippen LogP contribution is -2.08. The van der Waals surface area contributed by atoms with Gasteiger partial charge < -0.3 is 4.90 Å². The molecule has 0 spiro atoms. The van der Waals surface area contributed by atoms with E-state index in [0.29, 0.717) is 11.1 Å². The number of nitro benzene ring substituents is 2. The van der Waals surface area contributed by atoms with Gasteiger partial charge in [0.25, 0.3) is 11.4 Å². The molecule has 0 atom stereocenters. The standard InChI is InChI=1S/C21H19N3O4/c1-22(2)17-10-8-16(9-11-17)18-12-13-20(23(25)26)19(21(18)24(27)28)14-15-6-4-3-5-7-15/h3-13H,14H2,1-2H3. The minimum atomic E-state index is -0.565. The summed E-state index contributed by atoms with van der Waals surface area (Å²) in [4.78, 5) is 24.3. The Bertz CT molecular complexity index is 1020. The molecule has 0 aliphatic heterocycles. The van der Waals surface area contributed by atoms with Gasteiger partial charge in [-0.3, -0.25) is 20.2 Å². The van der Waals surface area contributed by atoms with E-state index in [2.05, 4.69) is 0 Å². The van der Waals surface area contributed by atoms with E-state index in [0.717, 1.165) is 11.3 Å². The molecule has 0 fully saturated rings. The van der Waals surface area contributed by atoms with Crippen molar-refractivity contribution in [1.82, 2.24) is 0 Å². The Balaban J connectivity index is 2.19. The first kappa shape index (κ1) is 19.0. The Hall–Kier alpha value is -3.74. The van der Waals surface area contributed by atoms with Gasteiger partial charge in [-0.15, -0.1) is 0 Å². The molecule has 0 unspecified atom stereocenters. The molecule has 0 heterocycles. The van der Waals surface area contributed by atoms with Crippen molar-refractivity contribution in [2.45, 2.75) is 6.42 Å². The van der Waals surface area contributed by atoms with Crippen molar-refractivity contribution in [3.05, 3.63) is 98.1 Å². The van der Waals surface area contributed by atoms with Crippen LogP contribution in [0.5, 0.6) is 0 Å². The summed E-state index contributed by atoms with van der Waals surface area (Å²) in [7, 11) is 3.81. The van der Waals surface area contributed by atoms with Gasteiger partial charge in [-0.1, -0.05) is 42.5 Å². The third-order valence-electron chi connectivity index (χ3n) is 4.56. The van der Waals surface area contributed by atoms with Crippen molar-refractivity contribution in [2.24, 2.45) is 0 Å². The van der Waals surface area contributed by atoms with E-state index in [1.807, 2.05) is 37.2 Å². The van der Waals surface area contributed by atoms with E-state index < -0.39 is 9.85 Å². The lowest BCUT2D eigenvalue weighted by atomic mass is 9.94. The smallest absolute Gasteiger partial charge is 0.287 e. The van der Waals surface area contributed by atoms with Crippen molar-refractivity contribution >= 4 is 17.1 Å². The van der Waals surface area contributed by atoms with Crippen LogP contribution in [-0.4, -0.2) is 23.9 Å². The average molecular weight is 377 g/mol. The summed E-state index contributed by atoms with van der Waals surface area (Å²) in [5.74, 6) is 0. The van der Waals surface area contributed by atoms with Crippen LogP contribution >= 0.6 is 0 Å². The number of nitro groups is 2. The molecular weight excluding hydrogens is 358 g/mol. The molecule has 0 N–H and O–H groups in total. The predicted molar refractivity (Wildman–Crippen MR) is 109 cm³/mol. The summed E-state index contributed by atoms with van der Waals surface area (Å²) in [6, 6.07) is 19.1. The monoisotopic (exact) mass is 377 g/mol. The van der Waals surface area contributed by atoms with E-state index >= 15 is 0 Å². The number of anilines is 1. The largest absolute Gasteiger partial charge is 0.378 e. The third-order valence-corrected chi connectivity index (χ3v) is 4.56. The number of hydrogen-bond donors (Lipinski definition) is 0. The molecule has 3 rings (SSSR count). The van der Waals surface area contributed by atoms with Crippen LogP contribution in [0.15, 0.2) is 66.7 Å². The first-order valence-electron chi connectivity index (χ1n) is 8.65. The molecule has 0 radical (unpaired) electrons. The van der Waals surface area contributed by atoms with Gasteiger partial charge in [-0.25, -0.2) is 0 Å². The van der Waals surface area contributed by atoms with Gasteiger partial charge >= 0.3 is 0 Å². The van der Waals surface area contributed by atoms with E-state index in [1.54, 1.807) is 36.4 Å². The Kier molecular flexibility index (Phi) is 5.35. The zero-order valence-electron chi connectivity index (χ0n) is 15.5. The van der Waals surface area contributed by atoms with Gasteiger partial charge in [-0.05, 0) is 29.3 Å². The Labute approximate surface area is 162 Å². The summed E-state index contributed by atoms with van der Waals surface area (Å²) in [5.41, 5.74) is 2.37. The number of hydrogen-bond acceptors (Lipinski definition) is 5. The zero-order valence-corrected chi connectivity index (χ0v) is 15.5. The lowest BCUT2D eigenvalue weighted by molar-refractivity contribution is -0.395. The molecule has 0 bridgehead atoms. The first-order valence-corrected chi connectivity index (χ1v) is 8.65. The third kappa shape index (κ3) is 3.83. The van der Waals surface area contributed by atoms with Crippen LogP contribution in [0.1, 0.15) is 11.1 Å². The Morgan fingerprint density at radius 1 is 0.821 bits per heavy atom. The van der Waals surface area contributed by atoms with E-state index in [1.165, 1.54) is 12.1 Å². The molecule has 28 heavy (non-hydrogen) atoms. The lowest BCUT2D eigenvalue weighted by Gasteiger charge is -2.13. The fourth-order valence-electron chi connectivity index (χ4n) is 3.15. The number of nitrogens with zero attached hydrogens (tertiary/aromatic N) is 3. The quantitative estimate of drug-likeness (QED) is 0.453. The van der Waals surface area contributed by atoms with Crippen LogP contribution in [-0.2, 0) is 6.42 Å². The van der Waals surface area contributed by atoms with Crippen molar-refractivity contribution in [1.29, 1.82) is 0 Å². The SMILES string of the molecule is CN(C)c1ccc(-c2ccc([N+](=O)[O-])c(Cc3ccccc3)c2[N+](=O)[O-])cc1. The molecule has 0 aliphatic carbocycles. The molecule has 0 saturated heterocycles. The highest BCUT2D eigenvalue weighted by molar-refractivity contribution is 5.79. The van der Waals surface area contributed by atoms with Crippen molar-refractivity contribution in [2.75, 3.05) is 19.0 Å². The Morgan fingerprint density at radius 3 is 2.00 bits per heavy atom. The number of rotatable bonds is 6. The average Bonchev–Trinajstić information content (AvgIpc) is 2.68. The molecule has 7 nitrogen and oxygen atoms in total. The Morgan fingerprint density at radius 2 is 1.46 bits per heavy atom. The van der Waals surface area contributed by atoms with Crippen molar-refractivity contribution in [3.63, 3.8) is 0 Å². The summed E-state index contributed by atoms with van der Waals surface area (Å²) < 4.78 is 0. The molecule has 3 aromatic rings. The minimum absolute atomic E-state index is 0.107. The number of benzene rings is 3. The molecule has 3 aromatic carbocycles. The van der Waals surface area contributed by atoms with Crippen LogP contribution in [0, 0.1) is 20.2 Å². The first-order chi connectivity index (χ1) is 13.4. The van der Waals surface area contributed by atoms with Gasteiger partial charge in [0.05, 0.1) is 15.4 Å². The normalized spacial score (nSPS) is 10.5. The molecule has 7 heteroatoms. The van der Waals surface area contributed by atoms with Gasteiger partial charge in [0.15, 0.2) is 0 Å². The summed E-state index contributed by atoms with van der Waals surface area (Å²) >= 11 is 0. The highest BCUT2D eigenvalue weighted by Crippen LogP contribution is 2.39. The van der Waals surface area contributed by atoms with Crippen molar-refractivity contribution in [3.8, 4) is 11.1 Å². The molecule has 0 aliphatic rings. The molecule has 0 aromatic heterocycles. The highest BCUT2D eigenvalue weighted by Gasteiger charge is 2.29. The van der Waals surface area contributed by atoms with Crippen LogP contribution in [0.3, 0.4) is 0 Å². The second-order valence-electron chi connectivity index (χ2n) is 6.58. The van der Waals surface area contributed by atoms with Crippen LogP contribution in [0.4, 0.5) is 17.1 Å². The van der Waals surface area contributed by atoms with Crippen LogP contribution < -0.4 is 4.90 Å². The second-order valence-corrected chi connectivity index (χ2v) is 6.58. The topological polar surface area (TPSA) is 89.5 Å². The summed E-state index contributed by atoms with van der Waals surface area (Å²) in [6.45, 7) is 0. The fourth-order valence-corrected chi connectivity index (χ4v) is 3.15. The second kappa shape index (κ2) is 7.87. The highest BCUT2D eigenvalue weighted by atomic mass is 16.6. The van der Waals surface area contributed by atoms with E-state index in [9.17, 15) is 20.2 Å². The van der Waals surface area contributed by atoms with Crippen molar-refractivity contribution < 1.29 is 9.85 Å². The maximum atomic E-state index is 11.9. The van der Waals surface area contributed by atoms with Crippen LogP contribution in [0.25, 0.3) is 11.1 Å². The van der Waals surface area contributed by atoms with Gasteiger partial charge in [0, 0.05) is 32.3 Å². The van der Waals surface area contributed by atoms with Gasteiger partial charge in [-0.2, -0.15) is 0 Å². The molecular formula is C21H19N3O4. The fraction of sp³-hybridized carbons (Fsp3) is 0.143. The minimum Gasteiger partial charge on any atom is -0.378 e. The van der Waals surface area contributed by atoms with Gasteiger partial charge in [0.2, 0.25) is 0 Å². The van der Waals surface area contributed by atoms with E-state index in [4.69, 9.17) is 0 Å². The maximum Gasteiger partial charge on any atom is 0.287 e. The van der Waals surface area contributed by atoms with Crippen LogP contribution in [0.2, 0.25) is 0 Å². The predicted octanol–water partition coefficient (Wildman–Crippen LogP) is 4.83. The molecule has 0 amide bonds. The molecule has 0 saturated carbocycles. The van der Waals surface area contributed by atoms with Gasteiger partial charge in [0.1, 0.15) is 5.56 Å².